The Morgan fingerprint density at radius 2 is 1.81 bits per heavy atom. The minimum absolute atomic E-state index is 0.136. The van der Waals surface area contributed by atoms with Crippen molar-refractivity contribution in [3.05, 3.63) is 89.0 Å². The summed E-state index contributed by atoms with van der Waals surface area (Å²) in [5, 5.41) is 35.5. The van der Waals surface area contributed by atoms with Crippen molar-refractivity contribution < 1.29 is 38.4 Å². The Balaban J connectivity index is 1.17. The molecule has 47 heavy (non-hydrogen) atoms. The molecule has 1 aliphatic heterocycles. The van der Waals surface area contributed by atoms with Crippen LogP contribution in [-0.2, 0) is 20.7 Å². The fourth-order valence-corrected chi connectivity index (χ4v) is 9.97. The van der Waals surface area contributed by atoms with Gasteiger partial charge in [-0.05, 0) is 87.3 Å². The maximum absolute atomic E-state index is 17.6. The number of aliphatic hydroxyl groups is 3. The van der Waals surface area contributed by atoms with Crippen LogP contribution in [-0.4, -0.2) is 69.5 Å². The molecule has 11 atom stereocenters. The normalized spacial score (nSPS) is 41.9. The monoisotopic (exact) mass is 649 g/mol. The first kappa shape index (κ1) is 32.6. The van der Waals surface area contributed by atoms with Crippen molar-refractivity contribution in [3.63, 3.8) is 0 Å². The molecule has 2 aromatic carbocycles. The number of hydrogen-bond donors (Lipinski definition) is 4. The lowest BCUT2D eigenvalue weighted by Crippen LogP contribution is -2.70. The van der Waals surface area contributed by atoms with Crippen LogP contribution in [0.4, 0.5) is 14.5 Å². The van der Waals surface area contributed by atoms with Crippen molar-refractivity contribution in [1.29, 1.82) is 0 Å². The van der Waals surface area contributed by atoms with E-state index < -0.39 is 77.1 Å². The van der Waals surface area contributed by atoms with Gasteiger partial charge < -0.3 is 30.1 Å². The largest absolute Gasteiger partial charge is 0.390 e. The van der Waals surface area contributed by atoms with Gasteiger partial charge in [0.1, 0.15) is 12.8 Å². The Morgan fingerprint density at radius 3 is 2.51 bits per heavy atom. The number of halogens is 2. The highest BCUT2D eigenvalue weighted by molar-refractivity contribution is 5.91. The van der Waals surface area contributed by atoms with Gasteiger partial charge in [-0.25, -0.2) is 8.78 Å². The molecule has 5 aliphatic rings. The van der Waals surface area contributed by atoms with Gasteiger partial charge in [0.2, 0.25) is 0 Å². The fraction of sp³-hybridized carbons (Fsp3) is 0.553. The summed E-state index contributed by atoms with van der Waals surface area (Å²) in [7, 11) is 0. The molecule has 9 heteroatoms. The third kappa shape index (κ3) is 4.64. The summed E-state index contributed by atoms with van der Waals surface area (Å²) >= 11 is 0. The van der Waals surface area contributed by atoms with E-state index in [2.05, 4.69) is 31.3 Å². The molecule has 3 saturated carbocycles. The number of fused-ring (bicyclic) bond motifs is 7. The van der Waals surface area contributed by atoms with Crippen molar-refractivity contribution in [1.82, 2.24) is 0 Å². The van der Waals surface area contributed by atoms with Crippen molar-refractivity contribution in [2.24, 2.45) is 22.7 Å². The third-order valence-electron chi connectivity index (χ3n) is 12.1. The van der Waals surface area contributed by atoms with Crippen LogP contribution in [0.5, 0.6) is 0 Å². The first-order chi connectivity index (χ1) is 22.3. The molecule has 1 saturated heterocycles. The summed E-state index contributed by atoms with van der Waals surface area (Å²) in [5.74, 6) is -2.11. The molecular formula is C38H45F2NO6. The summed E-state index contributed by atoms with van der Waals surface area (Å²) in [5.41, 5.74) is -2.36. The first-order valence-corrected chi connectivity index (χ1v) is 16.8. The van der Waals surface area contributed by atoms with E-state index in [0.717, 1.165) is 23.2 Å². The lowest BCUT2D eigenvalue weighted by molar-refractivity contribution is -0.235. The molecule has 0 bridgehead atoms. The molecule has 4 N–H and O–H groups in total. The number of aliphatic hydroxyl groups excluding tert-OH is 3. The van der Waals surface area contributed by atoms with Crippen molar-refractivity contribution >= 4 is 11.5 Å². The highest BCUT2D eigenvalue weighted by atomic mass is 19.1. The molecule has 0 spiro atoms. The van der Waals surface area contributed by atoms with E-state index in [1.165, 1.54) is 18.2 Å². The number of hydrogen-bond acceptors (Lipinski definition) is 7. The van der Waals surface area contributed by atoms with Crippen LogP contribution in [0.15, 0.2) is 72.3 Å². The van der Waals surface area contributed by atoms with E-state index in [-0.39, 0.29) is 24.8 Å². The van der Waals surface area contributed by atoms with Gasteiger partial charge in [0.25, 0.3) is 0 Å². The van der Waals surface area contributed by atoms with Gasteiger partial charge in [-0.15, -0.1) is 0 Å². The smallest absolute Gasteiger partial charge is 0.193 e. The van der Waals surface area contributed by atoms with Crippen LogP contribution in [0.25, 0.3) is 0 Å². The predicted molar refractivity (Wildman–Crippen MR) is 173 cm³/mol. The van der Waals surface area contributed by atoms with Gasteiger partial charge in [0.15, 0.2) is 23.3 Å². The zero-order valence-electron chi connectivity index (χ0n) is 27.3. The molecule has 0 aromatic heterocycles. The van der Waals surface area contributed by atoms with Gasteiger partial charge >= 0.3 is 0 Å². The van der Waals surface area contributed by atoms with Gasteiger partial charge in [-0.1, -0.05) is 55.5 Å². The average Bonchev–Trinajstić information content (AvgIpc) is 3.53. The summed E-state index contributed by atoms with van der Waals surface area (Å²) in [6.45, 7) is 6.77. The number of carbonyl (C=O) groups excluding carboxylic acids is 1. The second-order valence-electron chi connectivity index (χ2n) is 15.0. The highest BCUT2D eigenvalue weighted by Gasteiger charge is 2.80. The van der Waals surface area contributed by atoms with Crippen LogP contribution in [0.2, 0.25) is 0 Å². The number of benzene rings is 2. The average molecular weight is 650 g/mol. The standard InChI is InChI=1S/C38H45F2NO6/c1-21(2)41-25-7-5-6-23(15-25)14-22-8-10-24(11-9-22)34-46-33-18-27-28-17-30(39)29-16-26(43)12-13-35(29,3)37(28,40)31(44)19-36(27,4)38(33,47-34)32(45)20-42/h5-13,15-16,21,26-28,30-31,33-34,41-44H,14,17-20H2,1-4H3/t26?,27-,28-,30-,31-,33+,34+,35-,36-,37-,38+/m0/s1. The number of rotatable bonds is 7. The minimum atomic E-state index is -2.25. The number of ketones is 1. The maximum atomic E-state index is 17.6. The molecule has 7 nitrogen and oxygen atoms in total. The number of Topliss-reactive ketones (excluding diaryl/α,β-unsaturated/α-hetero) is 1. The Kier molecular flexibility index (Phi) is 7.84. The minimum Gasteiger partial charge on any atom is -0.390 e. The van der Waals surface area contributed by atoms with Gasteiger partial charge in [-0.2, -0.15) is 0 Å². The van der Waals surface area contributed by atoms with E-state index in [4.69, 9.17) is 9.47 Å². The Hall–Kier alpha value is -2.95. The van der Waals surface area contributed by atoms with E-state index >= 15 is 8.78 Å². The van der Waals surface area contributed by atoms with Gasteiger partial charge in [-0.3, -0.25) is 4.79 Å². The van der Waals surface area contributed by atoms with Gasteiger partial charge in [0, 0.05) is 34.0 Å². The van der Waals surface area contributed by atoms with E-state index in [1.807, 2.05) is 36.4 Å². The van der Waals surface area contributed by atoms with Crippen LogP contribution in [0.3, 0.4) is 0 Å². The Labute approximate surface area is 274 Å². The molecule has 2 aromatic rings. The topological polar surface area (TPSA) is 108 Å². The Morgan fingerprint density at radius 1 is 1.06 bits per heavy atom. The van der Waals surface area contributed by atoms with Crippen molar-refractivity contribution in [2.75, 3.05) is 11.9 Å². The summed E-state index contributed by atoms with van der Waals surface area (Å²) in [4.78, 5) is 13.8. The zero-order chi connectivity index (χ0) is 33.5. The van der Waals surface area contributed by atoms with E-state index in [1.54, 1.807) is 13.8 Å². The molecule has 252 valence electrons. The second kappa shape index (κ2) is 11.3. The van der Waals surface area contributed by atoms with E-state index in [9.17, 15) is 20.1 Å². The lowest BCUT2D eigenvalue weighted by Gasteiger charge is -2.63. The first-order valence-electron chi connectivity index (χ1n) is 16.8. The number of alkyl halides is 2. The SMILES string of the molecule is CC(C)Nc1cccc(Cc2ccc([C@@H]3O[C@@H]4C[C@H]5[C@@H]6C[C@H](F)C7=CC(O)C=C[C@]7(C)[C@@]6(F)[C@@H](O)C[C@]5(C)[C@]4(C(=O)CO)O3)cc2)c1. The number of carbonyl (C=O) groups is 1. The van der Waals surface area contributed by atoms with E-state index in [0.29, 0.717) is 11.6 Å². The van der Waals surface area contributed by atoms with Crippen LogP contribution in [0, 0.1) is 22.7 Å². The quantitative estimate of drug-likeness (QED) is 0.292. The zero-order valence-corrected chi connectivity index (χ0v) is 27.3. The molecular weight excluding hydrogens is 604 g/mol. The summed E-state index contributed by atoms with van der Waals surface area (Å²) < 4.78 is 46.6. The number of anilines is 1. The summed E-state index contributed by atoms with van der Waals surface area (Å²) in [6.07, 6.45) is -0.967. The molecule has 1 unspecified atom stereocenters. The van der Waals surface area contributed by atoms with Crippen LogP contribution >= 0.6 is 0 Å². The highest BCUT2D eigenvalue weighted by Crippen LogP contribution is 2.72. The lowest BCUT2D eigenvalue weighted by atomic mass is 9.44. The molecule has 4 aliphatic carbocycles. The predicted octanol–water partition coefficient (Wildman–Crippen LogP) is 5.53. The molecule has 0 amide bonds. The molecule has 1 heterocycles. The third-order valence-corrected chi connectivity index (χ3v) is 12.1. The molecule has 4 fully saturated rings. The number of allylic oxidation sites excluding steroid dienone is 2. The van der Waals surface area contributed by atoms with Gasteiger partial charge in [0.05, 0.1) is 18.3 Å². The van der Waals surface area contributed by atoms with Crippen molar-refractivity contribution in [3.8, 4) is 0 Å². The maximum Gasteiger partial charge on any atom is 0.193 e. The summed E-state index contributed by atoms with van der Waals surface area (Å²) in [6, 6.07) is 16.4. The number of nitrogens with one attached hydrogen (secondary N) is 1. The molecule has 0 radical (unpaired) electrons. The molecule has 7 rings (SSSR count). The fourth-order valence-electron chi connectivity index (χ4n) is 9.97. The van der Waals surface area contributed by atoms with Crippen LogP contribution < -0.4 is 5.32 Å². The number of ether oxygens (including phenoxy) is 2. The Bertz CT molecular complexity index is 1610. The second-order valence-corrected chi connectivity index (χ2v) is 15.0. The van der Waals surface area contributed by atoms with Crippen LogP contribution in [0.1, 0.15) is 69.9 Å². The van der Waals surface area contributed by atoms with Crippen molar-refractivity contribution in [2.45, 2.75) is 101 Å².